The van der Waals surface area contributed by atoms with Gasteiger partial charge >= 0.3 is 0 Å². The molecule has 4 rings (SSSR count). The fraction of sp³-hybridized carbons (Fsp3) is 0.963. The van der Waals surface area contributed by atoms with Crippen LogP contribution in [-0.4, -0.2) is 0 Å². The fourth-order valence-electron chi connectivity index (χ4n) is 7.62. The van der Waals surface area contributed by atoms with Crippen LogP contribution in [0.2, 0.25) is 0 Å². The molecule has 4 fully saturated rings. The van der Waals surface area contributed by atoms with Gasteiger partial charge in [-0.15, -0.1) is 0 Å². The van der Waals surface area contributed by atoms with Gasteiger partial charge in [-0.1, -0.05) is 52.4 Å². The zero-order chi connectivity index (χ0) is 18.6. The van der Waals surface area contributed by atoms with Gasteiger partial charge in [0.05, 0.1) is 0 Å². The molecule has 4 aliphatic carbocycles. The molecule has 0 spiro atoms. The molecule has 0 aliphatic heterocycles. The Morgan fingerprint density at radius 3 is 1.33 bits per heavy atom. The maximum absolute atomic E-state index is 2.47. The van der Waals surface area contributed by atoms with E-state index in [9.17, 15) is 0 Å². The molecule has 0 saturated heterocycles. The third kappa shape index (κ3) is 5.54. The largest absolute Gasteiger partial charge is 0.0625 e. The SMILES string of the molecule is C[C]1CCC(C2CCC(CC3CCC(C4CCC(C)CC4)CC3)CC2)CC1. The van der Waals surface area contributed by atoms with E-state index >= 15 is 0 Å². The summed E-state index contributed by atoms with van der Waals surface area (Å²) in [6.07, 6.45) is 26.3. The van der Waals surface area contributed by atoms with Crippen LogP contribution < -0.4 is 0 Å². The Labute approximate surface area is 170 Å². The van der Waals surface area contributed by atoms with Crippen LogP contribution >= 0.6 is 0 Å². The lowest BCUT2D eigenvalue weighted by molar-refractivity contribution is 0.122. The normalized spacial score (nSPS) is 42.9. The number of rotatable bonds is 4. The van der Waals surface area contributed by atoms with Crippen molar-refractivity contribution in [3.63, 3.8) is 0 Å². The second kappa shape index (κ2) is 9.67. The minimum atomic E-state index is 1.02. The van der Waals surface area contributed by atoms with Crippen LogP contribution in [0.1, 0.15) is 123 Å². The third-order valence-corrected chi connectivity index (χ3v) is 9.73. The highest BCUT2D eigenvalue weighted by Crippen LogP contribution is 2.46. The van der Waals surface area contributed by atoms with Crippen LogP contribution in [-0.2, 0) is 0 Å². The summed E-state index contributed by atoms with van der Waals surface area (Å²) in [6.45, 7) is 4.85. The fourth-order valence-corrected chi connectivity index (χ4v) is 7.62. The molecule has 0 aromatic rings. The van der Waals surface area contributed by atoms with E-state index in [0.29, 0.717) is 0 Å². The topological polar surface area (TPSA) is 0 Å². The van der Waals surface area contributed by atoms with E-state index < -0.39 is 0 Å². The maximum atomic E-state index is 2.47. The van der Waals surface area contributed by atoms with E-state index in [0.717, 1.165) is 41.4 Å². The lowest BCUT2D eigenvalue weighted by Crippen LogP contribution is -2.28. The van der Waals surface area contributed by atoms with Gasteiger partial charge in [0.2, 0.25) is 0 Å². The van der Waals surface area contributed by atoms with E-state index in [-0.39, 0.29) is 0 Å². The van der Waals surface area contributed by atoms with E-state index in [1.54, 1.807) is 76.5 Å². The van der Waals surface area contributed by atoms with Gasteiger partial charge in [0.15, 0.2) is 0 Å². The van der Waals surface area contributed by atoms with E-state index in [2.05, 4.69) is 13.8 Å². The third-order valence-electron chi connectivity index (χ3n) is 9.73. The summed E-state index contributed by atoms with van der Waals surface area (Å²) in [5, 5.41) is 0. The average Bonchev–Trinajstić information content (AvgIpc) is 2.71. The molecule has 4 aliphatic rings. The molecule has 0 N–H and O–H groups in total. The number of hydrogen-bond acceptors (Lipinski definition) is 0. The van der Waals surface area contributed by atoms with Gasteiger partial charge < -0.3 is 0 Å². The molecule has 155 valence electrons. The molecule has 0 heteroatoms. The zero-order valence-electron chi connectivity index (χ0n) is 18.6. The van der Waals surface area contributed by atoms with Crippen molar-refractivity contribution in [3.05, 3.63) is 5.92 Å². The molecule has 0 unspecified atom stereocenters. The van der Waals surface area contributed by atoms with Crippen LogP contribution in [0, 0.1) is 47.3 Å². The molecule has 4 saturated carbocycles. The highest BCUT2D eigenvalue weighted by molar-refractivity contribution is 4.92. The molecule has 0 atom stereocenters. The highest BCUT2D eigenvalue weighted by Gasteiger charge is 2.33. The molecular formula is C27H47. The molecule has 27 heavy (non-hydrogen) atoms. The monoisotopic (exact) mass is 371 g/mol. The smallest absolute Gasteiger partial charge is 0.0272 e. The van der Waals surface area contributed by atoms with E-state index in [1.165, 1.54) is 38.5 Å². The van der Waals surface area contributed by atoms with Crippen molar-refractivity contribution in [2.24, 2.45) is 41.4 Å². The van der Waals surface area contributed by atoms with Crippen molar-refractivity contribution in [2.75, 3.05) is 0 Å². The Morgan fingerprint density at radius 2 is 0.889 bits per heavy atom. The summed E-state index contributed by atoms with van der Waals surface area (Å²) >= 11 is 0. The molecule has 0 amide bonds. The molecule has 0 aromatic heterocycles. The van der Waals surface area contributed by atoms with E-state index in [4.69, 9.17) is 0 Å². The Bertz CT molecular complexity index is 367. The zero-order valence-corrected chi connectivity index (χ0v) is 18.6. The average molecular weight is 372 g/mol. The Hall–Kier alpha value is 0. The Kier molecular flexibility index (Phi) is 7.26. The van der Waals surface area contributed by atoms with Crippen molar-refractivity contribution in [2.45, 2.75) is 123 Å². The van der Waals surface area contributed by atoms with Crippen LogP contribution in [0.5, 0.6) is 0 Å². The summed E-state index contributed by atoms with van der Waals surface area (Å²) in [5.74, 6) is 9.38. The van der Waals surface area contributed by atoms with Crippen LogP contribution in [0.15, 0.2) is 0 Å². The first-order valence-electron chi connectivity index (χ1n) is 13.0. The minimum absolute atomic E-state index is 1.02. The summed E-state index contributed by atoms with van der Waals surface area (Å²) in [5.41, 5.74) is 0. The standard InChI is InChI=1S/C27H47/c1-20-3-11-24(12-4-20)26-15-7-22(8-16-26)19-23-9-17-27(18-10-23)25-13-5-21(2)6-14-25/h20,22-27H,3-19H2,1-2H3. The van der Waals surface area contributed by atoms with Crippen LogP contribution in [0.3, 0.4) is 0 Å². The maximum Gasteiger partial charge on any atom is -0.0272 e. The molecular weight excluding hydrogens is 324 g/mol. The van der Waals surface area contributed by atoms with Crippen molar-refractivity contribution >= 4 is 0 Å². The quantitative estimate of drug-likeness (QED) is 0.464. The predicted octanol–water partition coefficient (Wildman–Crippen LogP) is 8.60. The van der Waals surface area contributed by atoms with Crippen LogP contribution in [0.4, 0.5) is 0 Å². The lowest BCUT2D eigenvalue weighted by atomic mass is 9.66. The predicted molar refractivity (Wildman–Crippen MR) is 118 cm³/mol. The minimum Gasteiger partial charge on any atom is -0.0625 e. The molecule has 0 bridgehead atoms. The first-order valence-corrected chi connectivity index (χ1v) is 13.0. The number of hydrogen-bond donors (Lipinski definition) is 0. The summed E-state index contributed by atoms with van der Waals surface area (Å²) in [4.78, 5) is 0. The summed E-state index contributed by atoms with van der Waals surface area (Å²) in [6, 6.07) is 0. The van der Waals surface area contributed by atoms with Gasteiger partial charge in [-0.2, -0.15) is 0 Å². The first-order chi connectivity index (χ1) is 13.2. The molecule has 0 nitrogen and oxygen atoms in total. The van der Waals surface area contributed by atoms with Gasteiger partial charge in [0.25, 0.3) is 0 Å². The van der Waals surface area contributed by atoms with Crippen molar-refractivity contribution in [1.29, 1.82) is 0 Å². The van der Waals surface area contributed by atoms with Crippen molar-refractivity contribution < 1.29 is 0 Å². The van der Waals surface area contributed by atoms with Gasteiger partial charge in [-0.25, -0.2) is 0 Å². The van der Waals surface area contributed by atoms with Gasteiger partial charge in [-0.05, 0) is 118 Å². The van der Waals surface area contributed by atoms with Gasteiger partial charge in [0, 0.05) is 0 Å². The molecule has 1 radical (unpaired) electrons. The Balaban J connectivity index is 1.13. The second-order valence-electron chi connectivity index (χ2n) is 11.6. The van der Waals surface area contributed by atoms with Crippen molar-refractivity contribution in [1.82, 2.24) is 0 Å². The first kappa shape index (κ1) is 20.3. The summed E-state index contributed by atoms with van der Waals surface area (Å²) in [7, 11) is 0. The van der Waals surface area contributed by atoms with Crippen LogP contribution in [0.25, 0.3) is 0 Å². The molecule has 0 aromatic carbocycles. The second-order valence-corrected chi connectivity index (χ2v) is 11.6. The lowest BCUT2D eigenvalue weighted by Gasteiger charge is -2.40. The van der Waals surface area contributed by atoms with E-state index in [1.807, 2.05) is 0 Å². The highest BCUT2D eigenvalue weighted by atomic mass is 14.4. The Morgan fingerprint density at radius 1 is 0.519 bits per heavy atom. The molecule has 0 heterocycles. The van der Waals surface area contributed by atoms with Gasteiger partial charge in [-0.3, -0.25) is 0 Å². The van der Waals surface area contributed by atoms with Gasteiger partial charge in [0.1, 0.15) is 0 Å². The summed E-state index contributed by atoms with van der Waals surface area (Å²) < 4.78 is 0. The van der Waals surface area contributed by atoms with Crippen molar-refractivity contribution in [3.8, 4) is 0 Å².